The van der Waals surface area contributed by atoms with Gasteiger partial charge < -0.3 is 14.8 Å². The highest BCUT2D eigenvalue weighted by molar-refractivity contribution is 7.80. The summed E-state index contributed by atoms with van der Waals surface area (Å²) in [7, 11) is 3.99. The number of rotatable bonds is 9. The number of nitrogens with one attached hydrogen (secondary N) is 1. The monoisotopic (exact) mass is 526 g/mol. The van der Waals surface area contributed by atoms with E-state index in [-0.39, 0.29) is 11.8 Å². The molecule has 3 rings (SSSR count). The van der Waals surface area contributed by atoms with E-state index in [0.29, 0.717) is 16.3 Å². The van der Waals surface area contributed by atoms with Crippen molar-refractivity contribution >= 4 is 34.3 Å². The molecule has 3 aromatic carbocycles. The van der Waals surface area contributed by atoms with Crippen molar-refractivity contribution in [1.29, 1.82) is 0 Å². The maximum Gasteiger partial charge on any atom is 0.247 e. The van der Waals surface area contributed by atoms with E-state index in [1.807, 2.05) is 102 Å². The van der Waals surface area contributed by atoms with Crippen LogP contribution in [0.5, 0.6) is 0 Å². The van der Waals surface area contributed by atoms with Gasteiger partial charge in [-0.1, -0.05) is 75.7 Å². The summed E-state index contributed by atoms with van der Waals surface area (Å²) in [6, 6.07) is 19.2. The Hall–Kier alpha value is -2.51. The van der Waals surface area contributed by atoms with Crippen LogP contribution in [0.25, 0.3) is 11.1 Å². The van der Waals surface area contributed by atoms with E-state index < -0.39 is 22.2 Å². The van der Waals surface area contributed by atoms with Crippen LogP contribution in [0.2, 0.25) is 5.02 Å². The number of carbonyl (C=O) groups is 1. The number of benzene rings is 3. The van der Waals surface area contributed by atoms with Crippen LogP contribution in [0.15, 0.2) is 60.7 Å². The number of hydrogen-bond acceptors (Lipinski definition) is 3. The number of hydrogen-bond donors (Lipinski definition) is 2. The molecule has 7 heteroatoms. The molecule has 0 bridgehead atoms. The van der Waals surface area contributed by atoms with Gasteiger partial charge in [0.15, 0.2) is 16.3 Å². The lowest BCUT2D eigenvalue weighted by Gasteiger charge is -2.26. The maximum atomic E-state index is 13.5. The minimum Gasteiger partial charge on any atom is -0.325 e. The predicted octanol–water partition coefficient (Wildman–Crippen LogP) is 7.22. The minimum absolute atomic E-state index is 0.0285. The summed E-state index contributed by atoms with van der Waals surface area (Å²) in [5.41, 5.74) is 6.00. The van der Waals surface area contributed by atoms with Crippen molar-refractivity contribution in [1.82, 2.24) is 4.90 Å². The first-order valence-electron chi connectivity index (χ1n) is 12.1. The molecule has 0 radical (unpaired) electrons. The van der Waals surface area contributed by atoms with Crippen molar-refractivity contribution in [2.75, 3.05) is 19.4 Å². The van der Waals surface area contributed by atoms with Crippen LogP contribution in [0, 0.1) is 0 Å². The maximum absolute atomic E-state index is 13.5. The largest absolute Gasteiger partial charge is 0.325 e. The number of carbonyl (C=O) groups excluding carboxylic acids is 1. The van der Waals surface area contributed by atoms with Gasteiger partial charge in [0.2, 0.25) is 5.91 Å². The highest BCUT2D eigenvalue weighted by atomic mass is 35.5. The van der Waals surface area contributed by atoms with Crippen LogP contribution in [-0.4, -0.2) is 33.7 Å². The molecule has 0 spiro atoms. The summed E-state index contributed by atoms with van der Waals surface area (Å²) in [6.45, 7) is 8.91. The molecule has 0 saturated carbocycles. The van der Waals surface area contributed by atoms with Gasteiger partial charge in [0, 0.05) is 17.3 Å². The van der Waals surface area contributed by atoms with Gasteiger partial charge in [0.1, 0.15) is 0 Å². The molecule has 2 unspecified atom stereocenters. The Balaban J connectivity index is 2.08. The molecule has 3 aromatic rings. The van der Waals surface area contributed by atoms with Crippen molar-refractivity contribution < 1.29 is 13.6 Å². The smallest absolute Gasteiger partial charge is 0.247 e. The fraction of sp³-hybridized carbons (Fsp3) is 0.345. The van der Waals surface area contributed by atoms with E-state index in [1.54, 1.807) is 0 Å². The van der Waals surface area contributed by atoms with Crippen LogP contribution in [0.1, 0.15) is 67.0 Å². The zero-order valence-electron chi connectivity index (χ0n) is 21.7. The van der Waals surface area contributed by atoms with Crippen LogP contribution in [0.4, 0.5) is 5.69 Å². The Labute approximate surface area is 222 Å². The molecule has 0 saturated heterocycles. The first-order chi connectivity index (χ1) is 17.0. The van der Waals surface area contributed by atoms with Gasteiger partial charge in [0.05, 0.1) is 0 Å². The molecule has 2 N–H and O–H groups in total. The summed E-state index contributed by atoms with van der Waals surface area (Å²) < 4.78 is 23.1. The SMILES string of the molecule is CC(C)c1cc(-c2cccc(Cl)c2)cc(C(C)C)c1C(C(=O)Nc1ccc(CN(C)C)cc1)S(=O)O. The van der Waals surface area contributed by atoms with E-state index in [0.717, 1.165) is 34.4 Å². The Morgan fingerprint density at radius 3 is 2.00 bits per heavy atom. The number of amides is 1. The van der Waals surface area contributed by atoms with Gasteiger partial charge in [-0.15, -0.1) is 0 Å². The Bertz CT molecular complexity index is 1210. The molecule has 0 aromatic heterocycles. The number of anilines is 1. The number of nitrogens with zero attached hydrogens (tertiary/aromatic N) is 1. The molecule has 0 aliphatic rings. The summed E-state index contributed by atoms with van der Waals surface area (Å²) in [5.74, 6) is -0.447. The second-order valence-corrected chi connectivity index (χ2v) is 11.4. The van der Waals surface area contributed by atoms with Gasteiger partial charge in [-0.2, -0.15) is 0 Å². The highest BCUT2D eigenvalue weighted by Crippen LogP contribution is 2.39. The topological polar surface area (TPSA) is 69.6 Å². The molecule has 36 heavy (non-hydrogen) atoms. The molecule has 0 fully saturated rings. The summed E-state index contributed by atoms with van der Waals surface area (Å²) >= 11 is 3.83. The lowest BCUT2D eigenvalue weighted by atomic mass is 9.83. The molecule has 0 aliphatic heterocycles. The van der Waals surface area contributed by atoms with E-state index in [4.69, 9.17) is 11.6 Å². The zero-order chi connectivity index (χ0) is 26.6. The Morgan fingerprint density at radius 2 is 1.53 bits per heavy atom. The predicted molar refractivity (Wildman–Crippen MR) is 151 cm³/mol. The summed E-state index contributed by atoms with van der Waals surface area (Å²) in [6.07, 6.45) is 0. The standard InChI is InChI=1S/C29H35ClN2O3S/c1-18(2)25-15-22(21-8-7-9-23(30)14-21)16-26(19(3)4)27(25)28(36(34)35)29(33)31-24-12-10-20(11-13-24)17-32(5)6/h7-16,18-19,28H,17H2,1-6H3,(H,31,33)(H,34,35). The van der Waals surface area contributed by atoms with E-state index >= 15 is 0 Å². The summed E-state index contributed by atoms with van der Waals surface area (Å²) in [4.78, 5) is 15.5. The fourth-order valence-electron chi connectivity index (χ4n) is 4.38. The van der Waals surface area contributed by atoms with E-state index in [9.17, 15) is 13.6 Å². The van der Waals surface area contributed by atoms with Crippen molar-refractivity contribution in [3.8, 4) is 11.1 Å². The first kappa shape index (κ1) is 28.1. The number of halogens is 1. The van der Waals surface area contributed by atoms with Gasteiger partial charge in [0.25, 0.3) is 0 Å². The molecule has 5 nitrogen and oxygen atoms in total. The second-order valence-electron chi connectivity index (χ2n) is 9.97. The average Bonchev–Trinajstić information content (AvgIpc) is 2.79. The third-order valence-electron chi connectivity index (χ3n) is 6.07. The van der Waals surface area contributed by atoms with Gasteiger partial charge >= 0.3 is 0 Å². The fourth-order valence-corrected chi connectivity index (χ4v) is 5.29. The lowest BCUT2D eigenvalue weighted by molar-refractivity contribution is -0.116. The third-order valence-corrected chi connectivity index (χ3v) is 7.16. The zero-order valence-corrected chi connectivity index (χ0v) is 23.3. The minimum atomic E-state index is -2.42. The average molecular weight is 527 g/mol. The van der Waals surface area contributed by atoms with Crippen molar-refractivity contribution in [3.63, 3.8) is 0 Å². The van der Waals surface area contributed by atoms with Gasteiger partial charge in [-0.05, 0) is 83.6 Å². The third kappa shape index (κ3) is 6.83. The van der Waals surface area contributed by atoms with Crippen LogP contribution in [0.3, 0.4) is 0 Å². The van der Waals surface area contributed by atoms with Crippen molar-refractivity contribution in [2.24, 2.45) is 0 Å². The van der Waals surface area contributed by atoms with Crippen LogP contribution >= 0.6 is 11.6 Å². The quantitative estimate of drug-likeness (QED) is 0.289. The highest BCUT2D eigenvalue weighted by Gasteiger charge is 2.33. The van der Waals surface area contributed by atoms with Crippen molar-refractivity contribution in [3.05, 3.63) is 87.9 Å². The lowest BCUT2D eigenvalue weighted by Crippen LogP contribution is -2.27. The Kier molecular flexibility index (Phi) is 9.47. The van der Waals surface area contributed by atoms with Crippen LogP contribution < -0.4 is 5.32 Å². The second kappa shape index (κ2) is 12.2. The van der Waals surface area contributed by atoms with Crippen molar-refractivity contribution in [2.45, 2.75) is 51.3 Å². The molecular weight excluding hydrogens is 492 g/mol. The Morgan fingerprint density at radius 1 is 0.944 bits per heavy atom. The molecule has 2 atom stereocenters. The first-order valence-corrected chi connectivity index (χ1v) is 13.6. The summed E-state index contributed by atoms with van der Waals surface area (Å²) in [5, 5.41) is 2.28. The van der Waals surface area contributed by atoms with Gasteiger partial charge in [-0.3, -0.25) is 4.79 Å². The normalized spacial score (nSPS) is 13.3. The van der Waals surface area contributed by atoms with E-state index in [2.05, 4.69) is 10.2 Å². The molecular formula is C29H35ClN2O3S. The molecule has 1 amide bonds. The van der Waals surface area contributed by atoms with Crippen LogP contribution in [-0.2, 0) is 22.4 Å². The molecule has 192 valence electrons. The van der Waals surface area contributed by atoms with E-state index in [1.165, 1.54) is 0 Å². The van der Waals surface area contributed by atoms with Gasteiger partial charge in [-0.25, -0.2) is 4.21 Å². The molecule has 0 heterocycles. The molecule has 0 aliphatic carbocycles.